The van der Waals surface area contributed by atoms with Crippen LogP contribution in [0.2, 0.25) is 0 Å². The largest absolute Gasteiger partial charge is 0.496 e. The van der Waals surface area contributed by atoms with E-state index < -0.39 is 0 Å². The van der Waals surface area contributed by atoms with Crippen molar-refractivity contribution in [2.75, 3.05) is 20.3 Å². The van der Waals surface area contributed by atoms with E-state index in [1.807, 2.05) is 29.2 Å². The molecule has 1 aliphatic carbocycles. The van der Waals surface area contributed by atoms with Gasteiger partial charge in [0.05, 0.1) is 7.11 Å². The minimum absolute atomic E-state index is 0.0853. The maximum atomic E-state index is 13.0. The van der Waals surface area contributed by atoms with Crippen molar-refractivity contribution in [3.8, 4) is 5.75 Å². The van der Waals surface area contributed by atoms with Gasteiger partial charge >= 0.3 is 0 Å². The van der Waals surface area contributed by atoms with Crippen molar-refractivity contribution >= 4 is 5.91 Å². The minimum Gasteiger partial charge on any atom is -0.496 e. The molecule has 0 aliphatic heterocycles. The summed E-state index contributed by atoms with van der Waals surface area (Å²) in [5, 5.41) is 9.22. The molecular formula is C22H27NO3. The lowest BCUT2D eigenvalue weighted by molar-refractivity contribution is -0.132. The van der Waals surface area contributed by atoms with Gasteiger partial charge in [-0.2, -0.15) is 0 Å². The van der Waals surface area contributed by atoms with Gasteiger partial charge in [-0.25, -0.2) is 0 Å². The van der Waals surface area contributed by atoms with Crippen molar-refractivity contribution in [3.63, 3.8) is 0 Å². The highest BCUT2D eigenvalue weighted by molar-refractivity contribution is 5.77. The number of rotatable bonds is 8. The number of methoxy groups -OCH3 is 1. The lowest BCUT2D eigenvalue weighted by Crippen LogP contribution is -2.33. The number of hydrogen-bond donors (Lipinski definition) is 1. The number of carbonyl (C=O) groups excluding carboxylic acids is 1. The number of ether oxygens (including phenoxy) is 1. The zero-order valence-electron chi connectivity index (χ0n) is 15.4. The molecule has 4 heteroatoms. The van der Waals surface area contributed by atoms with Gasteiger partial charge in [-0.3, -0.25) is 4.79 Å². The summed E-state index contributed by atoms with van der Waals surface area (Å²) in [5.74, 6) is 1.24. The SMILES string of the molecule is COc1ccccc1CN(CCCO)C(=O)C[C@H]1CCc2ccccc21. The highest BCUT2D eigenvalue weighted by atomic mass is 16.5. The van der Waals surface area contributed by atoms with Crippen molar-refractivity contribution in [1.29, 1.82) is 0 Å². The molecule has 0 unspecified atom stereocenters. The van der Waals surface area contributed by atoms with Crippen LogP contribution in [0.15, 0.2) is 48.5 Å². The van der Waals surface area contributed by atoms with Crippen LogP contribution in [0.1, 0.15) is 41.9 Å². The number of aliphatic hydroxyl groups is 1. The van der Waals surface area contributed by atoms with E-state index in [-0.39, 0.29) is 12.5 Å². The maximum Gasteiger partial charge on any atom is 0.223 e. The van der Waals surface area contributed by atoms with Crippen LogP contribution in [0.5, 0.6) is 5.75 Å². The van der Waals surface area contributed by atoms with Crippen molar-refractivity contribution in [3.05, 3.63) is 65.2 Å². The van der Waals surface area contributed by atoms with Crippen LogP contribution in [0.4, 0.5) is 0 Å². The zero-order valence-corrected chi connectivity index (χ0v) is 15.4. The lowest BCUT2D eigenvalue weighted by Gasteiger charge is -2.25. The fraction of sp³-hybridized carbons (Fsp3) is 0.409. The molecule has 2 aromatic rings. The Morgan fingerprint density at radius 2 is 1.96 bits per heavy atom. The van der Waals surface area contributed by atoms with Crippen LogP contribution in [-0.4, -0.2) is 36.2 Å². The fourth-order valence-corrected chi connectivity index (χ4v) is 3.79. The first-order valence-electron chi connectivity index (χ1n) is 9.31. The van der Waals surface area contributed by atoms with Crippen molar-refractivity contribution < 1.29 is 14.6 Å². The van der Waals surface area contributed by atoms with Crippen molar-refractivity contribution in [1.82, 2.24) is 4.90 Å². The van der Waals surface area contributed by atoms with Crippen LogP contribution in [0.25, 0.3) is 0 Å². The summed E-state index contributed by atoms with van der Waals surface area (Å²) in [6.07, 6.45) is 3.20. The van der Waals surface area contributed by atoms with Gasteiger partial charge < -0.3 is 14.7 Å². The van der Waals surface area contributed by atoms with Crippen LogP contribution >= 0.6 is 0 Å². The molecular weight excluding hydrogens is 326 g/mol. The monoisotopic (exact) mass is 353 g/mol. The van der Waals surface area contributed by atoms with Gasteiger partial charge in [0, 0.05) is 31.7 Å². The highest BCUT2D eigenvalue weighted by Gasteiger charge is 2.26. The van der Waals surface area contributed by atoms with Gasteiger partial charge in [0.1, 0.15) is 5.75 Å². The topological polar surface area (TPSA) is 49.8 Å². The van der Waals surface area contributed by atoms with E-state index in [1.54, 1.807) is 7.11 Å². The van der Waals surface area contributed by atoms with E-state index in [0.717, 1.165) is 24.2 Å². The van der Waals surface area contributed by atoms with E-state index in [4.69, 9.17) is 4.74 Å². The number of carbonyl (C=O) groups is 1. The number of nitrogens with zero attached hydrogens (tertiary/aromatic N) is 1. The van der Waals surface area contributed by atoms with E-state index in [9.17, 15) is 9.90 Å². The number of aryl methyl sites for hydroxylation is 1. The molecule has 1 atom stereocenters. The zero-order chi connectivity index (χ0) is 18.4. The summed E-state index contributed by atoms with van der Waals surface area (Å²) in [5.41, 5.74) is 3.69. The van der Waals surface area contributed by atoms with Crippen LogP contribution in [0, 0.1) is 0 Å². The quantitative estimate of drug-likeness (QED) is 0.790. The molecule has 4 nitrogen and oxygen atoms in total. The Bertz CT molecular complexity index is 744. The van der Waals surface area contributed by atoms with Gasteiger partial charge in [-0.15, -0.1) is 0 Å². The van der Waals surface area contributed by atoms with Gasteiger partial charge in [-0.1, -0.05) is 42.5 Å². The molecule has 138 valence electrons. The van der Waals surface area contributed by atoms with Gasteiger partial charge in [0.2, 0.25) is 5.91 Å². The molecule has 1 aliphatic rings. The first kappa shape index (κ1) is 18.5. The third-order valence-corrected chi connectivity index (χ3v) is 5.17. The predicted molar refractivity (Wildman–Crippen MR) is 102 cm³/mol. The Morgan fingerprint density at radius 3 is 2.77 bits per heavy atom. The van der Waals surface area contributed by atoms with E-state index >= 15 is 0 Å². The smallest absolute Gasteiger partial charge is 0.223 e. The first-order chi connectivity index (χ1) is 12.7. The number of hydrogen-bond acceptors (Lipinski definition) is 3. The molecule has 0 aromatic heterocycles. The van der Waals surface area contributed by atoms with Crippen LogP contribution in [0.3, 0.4) is 0 Å². The number of aliphatic hydroxyl groups excluding tert-OH is 1. The Hall–Kier alpha value is -2.33. The molecule has 0 saturated carbocycles. The summed E-state index contributed by atoms with van der Waals surface area (Å²) in [6, 6.07) is 16.2. The number of fused-ring (bicyclic) bond motifs is 1. The van der Waals surface area contributed by atoms with E-state index in [0.29, 0.717) is 31.8 Å². The number of para-hydroxylation sites is 1. The maximum absolute atomic E-state index is 13.0. The molecule has 2 aromatic carbocycles. The van der Waals surface area contributed by atoms with Gasteiger partial charge in [0.15, 0.2) is 0 Å². The predicted octanol–water partition coefficient (Wildman–Crippen LogP) is 3.53. The average molecular weight is 353 g/mol. The molecule has 1 N–H and O–H groups in total. The summed E-state index contributed by atoms with van der Waals surface area (Å²) < 4.78 is 5.42. The molecule has 0 heterocycles. The summed E-state index contributed by atoms with van der Waals surface area (Å²) in [4.78, 5) is 14.9. The van der Waals surface area contributed by atoms with E-state index in [2.05, 4.69) is 24.3 Å². The first-order valence-corrected chi connectivity index (χ1v) is 9.31. The molecule has 26 heavy (non-hydrogen) atoms. The van der Waals surface area contributed by atoms with E-state index in [1.165, 1.54) is 11.1 Å². The Labute approximate surface area is 155 Å². The third-order valence-electron chi connectivity index (χ3n) is 5.17. The molecule has 1 amide bonds. The minimum atomic E-state index is 0.0853. The second-order valence-corrected chi connectivity index (χ2v) is 6.84. The van der Waals surface area contributed by atoms with Gasteiger partial charge in [-0.05, 0) is 42.4 Å². The number of benzene rings is 2. The number of amides is 1. The summed E-state index contributed by atoms with van der Waals surface area (Å²) >= 11 is 0. The molecule has 0 saturated heterocycles. The molecule has 0 spiro atoms. The Kier molecular flexibility index (Phi) is 6.29. The summed E-state index contributed by atoms with van der Waals surface area (Å²) in [6.45, 7) is 1.15. The lowest BCUT2D eigenvalue weighted by atomic mass is 9.97. The molecule has 0 fully saturated rings. The van der Waals surface area contributed by atoms with Crippen LogP contribution < -0.4 is 4.74 Å². The standard InChI is InChI=1S/C22H27NO3/c1-26-21-10-5-3-8-19(21)16-23(13-6-14-24)22(25)15-18-12-11-17-7-2-4-9-20(17)18/h2-5,7-10,18,24H,6,11-16H2,1H3/t18-/m1/s1. The van der Waals surface area contributed by atoms with Gasteiger partial charge in [0.25, 0.3) is 0 Å². The van der Waals surface area contributed by atoms with Crippen molar-refractivity contribution in [2.24, 2.45) is 0 Å². The normalized spacial score (nSPS) is 15.5. The summed E-state index contributed by atoms with van der Waals surface area (Å²) in [7, 11) is 1.65. The Balaban J connectivity index is 1.72. The molecule has 0 bridgehead atoms. The average Bonchev–Trinajstić information content (AvgIpc) is 3.08. The fourth-order valence-electron chi connectivity index (χ4n) is 3.79. The molecule has 0 radical (unpaired) electrons. The Morgan fingerprint density at radius 1 is 1.19 bits per heavy atom. The second-order valence-electron chi connectivity index (χ2n) is 6.84. The third kappa shape index (κ3) is 4.25. The van der Waals surface area contributed by atoms with Crippen molar-refractivity contribution in [2.45, 2.75) is 38.1 Å². The highest BCUT2D eigenvalue weighted by Crippen LogP contribution is 2.35. The van der Waals surface area contributed by atoms with Crippen LogP contribution in [-0.2, 0) is 17.8 Å². The molecule has 3 rings (SSSR count). The second kappa shape index (κ2) is 8.86.